The predicted octanol–water partition coefficient (Wildman–Crippen LogP) is 2.47. The lowest BCUT2D eigenvalue weighted by Crippen LogP contribution is -2.42. The van der Waals surface area contributed by atoms with Crippen molar-refractivity contribution < 1.29 is 13.2 Å². The van der Waals surface area contributed by atoms with Crippen LogP contribution < -0.4 is 10.5 Å². The van der Waals surface area contributed by atoms with E-state index in [9.17, 15) is 13.2 Å². The van der Waals surface area contributed by atoms with Gasteiger partial charge in [-0.25, -0.2) is 8.42 Å². The van der Waals surface area contributed by atoms with Crippen LogP contribution in [0.15, 0.2) is 59.5 Å². The summed E-state index contributed by atoms with van der Waals surface area (Å²) in [7, 11) is -3.68. The number of halogens is 1. The maximum Gasteiger partial charge on any atom is 0.261 e. The number of para-hydroxylation sites is 1. The van der Waals surface area contributed by atoms with Crippen LogP contribution in [0.2, 0.25) is 0 Å². The molecule has 0 aliphatic carbocycles. The number of benzene rings is 2. The average Bonchev–Trinajstić information content (AvgIpc) is 2.62. The molecule has 8 heteroatoms. The minimum Gasteiger partial charge on any atom is -0.339 e. The van der Waals surface area contributed by atoms with Crippen LogP contribution in [0.1, 0.15) is 23.2 Å². The number of amides is 1. The second-order valence-corrected chi connectivity index (χ2v) is 7.81. The summed E-state index contributed by atoms with van der Waals surface area (Å²) in [5.41, 5.74) is 6.83. The SMILES string of the molecule is Cl.NC1CCN(C(=O)c2ccc(S(=O)(=O)Nc3ccccc3)cc2)CC1. The van der Waals surface area contributed by atoms with Gasteiger partial charge in [0, 0.05) is 30.4 Å². The summed E-state index contributed by atoms with van der Waals surface area (Å²) in [6.45, 7) is 1.27. The van der Waals surface area contributed by atoms with Gasteiger partial charge in [-0.15, -0.1) is 12.4 Å². The Kier molecular flexibility index (Phi) is 6.63. The van der Waals surface area contributed by atoms with Crippen molar-refractivity contribution >= 4 is 34.0 Å². The first kappa shape index (κ1) is 20.2. The molecule has 2 aromatic carbocycles. The molecule has 26 heavy (non-hydrogen) atoms. The van der Waals surface area contributed by atoms with Crippen molar-refractivity contribution in [1.82, 2.24) is 4.90 Å². The number of carbonyl (C=O) groups is 1. The molecular formula is C18H22ClN3O3S. The van der Waals surface area contributed by atoms with Gasteiger partial charge in [-0.05, 0) is 49.2 Å². The van der Waals surface area contributed by atoms with E-state index in [4.69, 9.17) is 5.73 Å². The van der Waals surface area contributed by atoms with E-state index >= 15 is 0 Å². The molecule has 1 fully saturated rings. The van der Waals surface area contributed by atoms with Crippen molar-refractivity contribution in [3.63, 3.8) is 0 Å². The third kappa shape index (κ3) is 4.75. The van der Waals surface area contributed by atoms with Crippen molar-refractivity contribution in [1.29, 1.82) is 0 Å². The van der Waals surface area contributed by atoms with E-state index < -0.39 is 10.0 Å². The number of carbonyl (C=O) groups excluding carboxylic acids is 1. The second kappa shape index (κ2) is 8.53. The molecule has 140 valence electrons. The van der Waals surface area contributed by atoms with E-state index in [2.05, 4.69) is 4.72 Å². The van der Waals surface area contributed by atoms with Gasteiger partial charge in [0.1, 0.15) is 0 Å². The minimum absolute atomic E-state index is 0. The van der Waals surface area contributed by atoms with Gasteiger partial charge in [0.15, 0.2) is 0 Å². The Morgan fingerprint density at radius 1 is 1.00 bits per heavy atom. The van der Waals surface area contributed by atoms with E-state index in [1.54, 1.807) is 41.3 Å². The monoisotopic (exact) mass is 395 g/mol. The molecule has 1 aliphatic heterocycles. The number of nitrogens with two attached hydrogens (primary N) is 1. The first-order chi connectivity index (χ1) is 12.0. The van der Waals surface area contributed by atoms with Crippen LogP contribution in [0, 0.1) is 0 Å². The van der Waals surface area contributed by atoms with Crippen molar-refractivity contribution in [3.8, 4) is 0 Å². The summed E-state index contributed by atoms with van der Waals surface area (Å²) in [6.07, 6.45) is 1.58. The van der Waals surface area contributed by atoms with Crippen LogP contribution in [0.25, 0.3) is 0 Å². The van der Waals surface area contributed by atoms with Crippen molar-refractivity contribution in [2.24, 2.45) is 5.73 Å². The molecule has 0 saturated carbocycles. The zero-order valence-electron chi connectivity index (χ0n) is 14.2. The molecule has 3 N–H and O–H groups in total. The van der Waals surface area contributed by atoms with Gasteiger partial charge in [-0.1, -0.05) is 18.2 Å². The van der Waals surface area contributed by atoms with Crippen LogP contribution >= 0.6 is 12.4 Å². The normalized spacial score (nSPS) is 15.2. The molecule has 0 unspecified atom stereocenters. The smallest absolute Gasteiger partial charge is 0.261 e. The molecule has 0 radical (unpaired) electrons. The first-order valence-corrected chi connectivity index (χ1v) is 9.67. The number of likely N-dealkylation sites (tertiary alicyclic amines) is 1. The third-order valence-corrected chi connectivity index (χ3v) is 5.66. The fraction of sp³-hybridized carbons (Fsp3) is 0.278. The van der Waals surface area contributed by atoms with Gasteiger partial charge in [0.05, 0.1) is 4.90 Å². The summed E-state index contributed by atoms with van der Waals surface area (Å²) in [5.74, 6) is -0.0909. The van der Waals surface area contributed by atoms with E-state index in [0.717, 1.165) is 12.8 Å². The van der Waals surface area contributed by atoms with Crippen LogP contribution in [0.4, 0.5) is 5.69 Å². The van der Waals surface area contributed by atoms with Gasteiger partial charge < -0.3 is 10.6 Å². The van der Waals surface area contributed by atoms with E-state index in [1.807, 2.05) is 6.07 Å². The van der Waals surface area contributed by atoms with Gasteiger partial charge in [0.2, 0.25) is 0 Å². The van der Waals surface area contributed by atoms with Crippen LogP contribution in [0.5, 0.6) is 0 Å². The molecule has 1 heterocycles. The highest BCUT2D eigenvalue weighted by Crippen LogP contribution is 2.18. The van der Waals surface area contributed by atoms with E-state index in [-0.39, 0.29) is 29.3 Å². The van der Waals surface area contributed by atoms with Gasteiger partial charge in [-0.2, -0.15) is 0 Å². The molecule has 6 nitrogen and oxygen atoms in total. The van der Waals surface area contributed by atoms with E-state index in [0.29, 0.717) is 24.3 Å². The molecular weight excluding hydrogens is 374 g/mol. The number of hydrogen-bond donors (Lipinski definition) is 2. The Hall–Kier alpha value is -2.09. The Bertz CT molecular complexity index is 834. The summed E-state index contributed by atoms with van der Waals surface area (Å²) in [6, 6.07) is 14.8. The molecule has 3 rings (SSSR count). The zero-order valence-corrected chi connectivity index (χ0v) is 15.8. The maximum absolute atomic E-state index is 12.5. The summed E-state index contributed by atoms with van der Waals surface area (Å²) in [4.78, 5) is 14.4. The number of sulfonamides is 1. The van der Waals surface area contributed by atoms with Crippen molar-refractivity contribution in [2.45, 2.75) is 23.8 Å². The fourth-order valence-corrected chi connectivity index (χ4v) is 3.84. The van der Waals surface area contributed by atoms with Crippen molar-refractivity contribution in [3.05, 3.63) is 60.2 Å². The molecule has 2 aromatic rings. The molecule has 0 spiro atoms. The third-order valence-electron chi connectivity index (χ3n) is 4.26. The molecule has 1 amide bonds. The van der Waals surface area contributed by atoms with Gasteiger partial charge in [-0.3, -0.25) is 9.52 Å². The Morgan fingerprint density at radius 3 is 2.15 bits per heavy atom. The highest BCUT2D eigenvalue weighted by atomic mass is 35.5. The molecule has 1 aliphatic rings. The van der Waals surface area contributed by atoms with Crippen LogP contribution in [-0.2, 0) is 10.0 Å². The standard InChI is InChI=1S/C18H21N3O3S.ClH/c19-15-10-12-21(13-11-15)18(22)14-6-8-17(9-7-14)25(23,24)20-16-4-2-1-3-5-16;/h1-9,15,20H,10-13,19H2;1H. The van der Waals surface area contributed by atoms with Crippen molar-refractivity contribution in [2.75, 3.05) is 17.8 Å². The zero-order chi connectivity index (χ0) is 17.9. The highest BCUT2D eigenvalue weighted by molar-refractivity contribution is 7.92. The number of piperidine rings is 1. The fourth-order valence-electron chi connectivity index (χ4n) is 2.78. The first-order valence-electron chi connectivity index (χ1n) is 8.18. The Labute approximate surface area is 159 Å². The molecule has 1 saturated heterocycles. The number of hydrogen-bond acceptors (Lipinski definition) is 4. The number of rotatable bonds is 4. The number of anilines is 1. The number of nitrogens with zero attached hydrogens (tertiary/aromatic N) is 1. The number of nitrogens with one attached hydrogen (secondary N) is 1. The molecule has 0 atom stereocenters. The Balaban J connectivity index is 0.00000243. The Morgan fingerprint density at radius 2 is 1.58 bits per heavy atom. The van der Waals surface area contributed by atoms with Crippen LogP contribution in [-0.4, -0.2) is 38.4 Å². The summed E-state index contributed by atoms with van der Waals surface area (Å²) in [5, 5.41) is 0. The lowest BCUT2D eigenvalue weighted by atomic mass is 10.1. The van der Waals surface area contributed by atoms with Gasteiger partial charge in [0.25, 0.3) is 15.9 Å². The molecule has 0 aromatic heterocycles. The quantitative estimate of drug-likeness (QED) is 0.831. The predicted molar refractivity (Wildman–Crippen MR) is 104 cm³/mol. The second-order valence-electron chi connectivity index (χ2n) is 6.13. The van der Waals surface area contributed by atoms with Crippen LogP contribution in [0.3, 0.4) is 0 Å². The lowest BCUT2D eigenvalue weighted by Gasteiger charge is -2.30. The largest absolute Gasteiger partial charge is 0.339 e. The summed E-state index contributed by atoms with van der Waals surface area (Å²) >= 11 is 0. The highest BCUT2D eigenvalue weighted by Gasteiger charge is 2.22. The summed E-state index contributed by atoms with van der Waals surface area (Å²) < 4.78 is 27.3. The molecule has 0 bridgehead atoms. The van der Waals surface area contributed by atoms with E-state index in [1.165, 1.54) is 12.1 Å². The topological polar surface area (TPSA) is 92.5 Å². The lowest BCUT2D eigenvalue weighted by molar-refractivity contribution is 0.0714. The average molecular weight is 396 g/mol. The minimum atomic E-state index is -3.68. The van der Waals surface area contributed by atoms with Gasteiger partial charge >= 0.3 is 0 Å². The maximum atomic E-state index is 12.5.